The van der Waals surface area contributed by atoms with Gasteiger partial charge in [0.2, 0.25) is 17.7 Å². The van der Waals surface area contributed by atoms with Gasteiger partial charge in [-0.1, -0.05) is 85.3 Å². The molecule has 246 valence electrons. The molecule has 0 spiro atoms. The number of aromatic hydroxyl groups is 1. The van der Waals surface area contributed by atoms with E-state index in [2.05, 4.69) is 15.8 Å². The van der Waals surface area contributed by atoms with Crippen LogP contribution in [0.3, 0.4) is 0 Å². The number of amides is 3. The second-order valence-corrected chi connectivity index (χ2v) is 11.4. The van der Waals surface area contributed by atoms with Gasteiger partial charge in [-0.2, -0.15) is 5.10 Å². The Labute approximate surface area is 275 Å². The van der Waals surface area contributed by atoms with Crippen LogP contribution in [0.25, 0.3) is 0 Å². The van der Waals surface area contributed by atoms with Gasteiger partial charge in [-0.25, -0.2) is 5.43 Å². The molecule has 10 nitrogen and oxygen atoms in total. The fourth-order valence-corrected chi connectivity index (χ4v) is 5.06. The van der Waals surface area contributed by atoms with Crippen molar-refractivity contribution < 1.29 is 29.0 Å². The van der Waals surface area contributed by atoms with Gasteiger partial charge >= 0.3 is 5.97 Å². The molecular weight excluding hydrogens is 596 g/mol. The number of hydrogen-bond acceptors (Lipinski definition) is 7. The molecule has 0 aliphatic carbocycles. The first-order chi connectivity index (χ1) is 22.9. The van der Waals surface area contributed by atoms with Crippen LogP contribution in [0.15, 0.2) is 96.1 Å². The van der Waals surface area contributed by atoms with E-state index in [-0.39, 0.29) is 42.4 Å². The number of anilines is 1. The lowest BCUT2D eigenvalue weighted by molar-refractivity contribution is -0.152. The lowest BCUT2D eigenvalue weighted by Crippen LogP contribution is -2.35. The number of nitrogens with one attached hydrogen (secondary N) is 2. The normalized spacial score (nSPS) is 16.5. The van der Waals surface area contributed by atoms with Gasteiger partial charge in [0.25, 0.3) is 0 Å². The van der Waals surface area contributed by atoms with Crippen LogP contribution in [0.4, 0.5) is 5.69 Å². The van der Waals surface area contributed by atoms with E-state index in [0.717, 1.165) is 16.7 Å². The SMILES string of the molecule is O=C(CCCCCC(=O)Nc1ccccc1O)N/N=C/c1ccc(CN2C[C@@H](c3ccccc3)OC(=O)CC/C=C/CCC2=O)cc1. The maximum Gasteiger partial charge on any atom is 0.306 e. The molecule has 3 amide bonds. The number of phenols is 1. The van der Waals surface area contributed by atoms with Crippen molar-refractivity contribution in [3.8, 4) is 5.75 Å². The van der Waals surface area contributed by atoms with Crippen LogP contribution in [-0.4, -0.2) is 46.5 Å². The molecule has 3 aromatic carbocycles. The van der Waals surface area contributed by atoms with E-state index in [1.165, 1.54) is 6.07 Å². The summed E-state index contributed by atoms with van der Waals surface area (Å²) in [4.78, 5) is 51.8. The third-order valence-corrected chi connectivity index (χ3v) is 7.63. The van der Waals surface area contributed by atoms with Crippen molar-refractivity contribution in [2.24, 2.45) is 5.10 Å². The molecule has 3 N–H and O–H groups in total. The topological polar surface area (TPSA) is 137 Å². The Kier molecular flexibility index (Phi) is 13.7. The number of unbranched alkanes of at least 4 members (excludes halogenated alkanes) is 2. The summed E-state index contributed by atoms with van der Waals surface area (Å²) in [5.74, 6) is -0.685. The second-order valence-electron chi connectivity index (χ2n) is 11.4. The summed E-state index contributed by atoms with van der Waals surface area (Å²) < 4.78 is 5.84. The molecule has 1 heterocycles. The highest BCUT2D eigenvalue weighted by molar-refractivity contribution is 5.92. The number of carbonyl (C=O) groups excluding carboxylic acids is 4. The van der Waals surface area contributed by atoms with E-state index in [9.17, 15) is 24.3 Å². The summed E-state index contributed by atoms with van der Waals surface area (Å²) in [6.07, 6.45) is 9.25. The smallest absolute Gasteiger partial charge is 0.306 e. The number of carbonyl (C=O) groups is 4. The number of benzene rings is 3. The van der Waals surface area contributed by atoms with E-state index in [1.807, 2.05) is 66.7 Å². The Balaban J connectivity index is 1.23. The molecule has 0 saturated carbocycles. The third kappa shape index (κ3) is 12.2. The van der Waals surface area contributed by atoms with Crippen molar-refractivity contribution in [2.75, 3.05) is 11.9 Å². The monoisotopic (exact) mass is 638 g/mol. The van der Waals surface area contributed by atoms with Gasteiger partial charge < -0.3 is 20.1 Å². The molecule has 47 heavy (non-hydrogen) atoms. The molecule has 0 saturated heterocycles. The van der Waals surface area contributed by atoms with E-state index < -0.39 is 6.10 Å². The van der Waals surface area contributed by atoms with Crippen LogP contribution < -0.4 is 10.7 Å². The first-order valence-corrected chi connectivity index (χ1v) is 16.0. The first kappa shape index (κ1) is 34.6. The van der Waals surface area contributed by atoms with E-state index in [4.69, 9.17) is 4.74 Å². The van der Waals surface area contributed by atoms with Crippen LogP contribution in [0.2, 0.25) is 0 Å². The van der Waals surface area contributed by atoms with Crippen molar-refractivity contribution >= 4 is 35.6 Å². The van der Waals surface area contributed by atoms with Crippen molar-refractivity contribution in [1.82, 2.24) is 10.3 Å². The number of cyclic esters (lactones) is 1. The van der Waals surface area contributed by atoms with Gasteiger partial charge in [0.1, 0.15) is 11.9 Å². The third-order valence-electron chi connectivity index (χ3n) is 7.63. The summed E-state index contributed by atoms with van der Waals surface area (Å²) in [5, 5.41) is 16.5. The van der Waals surface area contributed by atoms with E-state index in [1.54, 1.807) is 29.3 Å². The Morgan fingerprint density at radius 2 is 1.53 bits per heavy atom. The number of ether oxygens (including phenoxy) is 1. The summed E-state index contributed by atoms with van der Waals surface area (Å²) >= 11 is 0. The molecule has 0 fully saturated rings. The molecule has 1 aliphatic heterocycles. The Hall–Kier alpha value is -5.25. The predicted molar refractivity (Wildman–Crippen MR) is 180 cm³/mol. The number of esters is 1. The minimum absolute atomic E-state index is 0.0173. The van der Waals surface area contributed by atoms with Crippen LogP contribution in [-0.2, 0) is 30.5 Å². The molecule has 1 atom stereocenters. The molecule has 1 aliphatic rings. The van der Waals surface area contributed by atoms with Gasteiger partial charge in [0.05, 0.1) is 18.4 Å². The standard InChI is InChI=1S/C37H42N4O6/c42-32-16-12-11-15-31(32)39-34(43)17-7-4-8-18-35(44)40-38-25-28-21-23-29(24-22-28)26-41-27-33(30-13-5-3-6-14-30)47-37(46)20-10-2-1-9-19-36(41)45/h1-3,5-6,11-16,21-25,33,42H,4,7-10,17-20,26-27H2,(H,39,43)(H,40,44)/b2-1+,38-25+/t33-/m0/s1. The number of phenolic OH excluding ortho intramolecular Hbond substituents is 1. The zero-order valence-electron chi connectivity index (χ0n) is 26.5. The van der Waals surface area contributed by atoms with Gasteiger partial charge in [-0.15, -0.1) is 0 Å². The quantitative estimate of drug-likeness (QED) is 0.0542. The number of hydrazone groups is 1. The second kappa shape index (κ2) is 18.7. The lowest BCUT2D eigenvalue weighted by Gasteiger charge is -2.28. The van der Waals surface area contributed by atoms with Crippen molar-refractivity contribution in [3.63, 3.8) is 0 Å². The van der Waals surface area contributed by atoms with Gasteiger partial charge in [0, 0.05) is 32.2 Å². The number of nitrogens with zero attached hydrogens (tertiary/aromatic N) is 2. The van der Waals surface area contributed by atoms with E-state index >= 15 is 0 Å². The maximum atomic E-state index is 13.2. The van der Waals surface area contributed by atoms with Crippen molar-refractivity contribution in [2.45, 2.75) is 70.4 Å². The van der Waals surface area contributed by atoms with Crippen molar-refractivity contribution in [3.05, 3.63) is 108 Å². The summed E-state index contributed by atoms with van der Waals surface area (Å²) in [5.41, 5.74) is 5.45. The molecule has 0 unspecified atom stereocenters. The highest BCUT2D eigenvalue weighted by Gasteiger charge is 2.24. The average molecular weight is 639 g/mol. The Bertz CT molecular complexity index is 1540. The van der Waals surface area contributed by atoms with Crippen molar-refractivity contribution in [1.29, 1.82) is 0 Å². The van der Waals surface area contributed by atoms with Crippen LogP contribution in [0.1, 0.15) is 80.6 Å². The zero-order valence-corrected chi connectivity index (χ0v) is 26.5. The number of allylic oxidation sites excluding steroid dienone is 2. The molecule has 0 aromatic heterocycles. The van der Waals surface area contributed by atoms with Gasteiger partial charge in [0.15, 0.2) is 0 Å². The molecular formula is C37H42N4O6. The molecule has 0 bridgehead atoms. The predicted octanol–water partition coefficient (Wildman–Crippen LogP) is 6.17. The zero-order chi connectivity index (χ0) is 33.3. The first-order valence-electron chi connectivity index (χ1n) is 16.0. The number of rotatable bonds is 12. The average Bonchev–Trinajstić information content (AvgIpc) is 3.07. The Morgan fingerprint density at radius 3 is 2.28 bits per heavy atom. The highest BCUT2D eigenvalue weighted by Crippen LogP contribution is 2.23. The molecule has 4 rings (SSSR count). The molecule has 0 radical (unpaired) electrons. The molecule has 3 aromatic rings. The summed E-state index contributed by atoms with van der Waals surface area (Å²) in [7, 11) is 0. The number of hydrogen-bond donors (Lipinski definition) is 3. The van der Waals surface area contributed by atoms with E-state index in [0.29, 0.717) is 63.6 Å². The van der Waals surface area contributed by atoms with Gasteiger partial charge in [-0.05, 0) is 54.5 Å². The van der Waals surface area contributed by atoms with Gasteiger partial charge in [-0.3, -0.25) is 19.2 Å². The highest BCUT2D eigenvalue weighted by atomic mass is 16.5. The minimum atomic E-state index is -0.569. The summed E-state index contributed by atoms with van der Waals surface area (Å²) in [6.45, 7) is 0.604. The lowest BCUT2D eigenvalue weighted by atomic mass is 10.1. The molecule has 10 heteroatoms. The maximum absolute atomic E-state index is 13.2. The fourth-order valence-electron chi connectivity index (χ4n) is 5.06. The largest absolute Gasteiger partial charge is 0.506 e. The van der Waals surface area contributed by atoms with Crippen LogP contribution >= 0.6 is 0 Å². The minimum Gasteiger partial charge on any atom is -0.506 e. The summed E-state index contributed by atoms with van der Waals surface area (Å²) in [6, 6.07) is 23.6. The fraction of sp³-hybridized carbons (Fsp3) is 0.324. The Morgan fingerprint density at radius 1 is 0.851 bits per heavy atom. The van der Waals surface area contributed by atoms with Crippen LogP contribution in [0, 0.1) is 0 Å². The van der Waals surface area contributed by atoms with Crippen LogP contribution in [0.5, 0.6) is 5.75 Å². The number of para-hydroxylation sites is 2.